The van der Waals surface area contributed by atoms with Crippen LogP contribution in [0.5, 0.6) is 0 Å². The first-order valence-corrected chi connectivity index (χ1v) is 8.10. The molecule has 2 aromatic rings. The number of likely N-dealkylation sites (tertiary alicyclic amines) is 1. The van der Waals surface area contributed by atoms with Gasteiger partial charge in [0.25, 0.3) is 5.91 Å². The van der Waals surface area contributed by atoms with Crippen molar-refractivity contribution in [3.63, 3.8) is 0 Å². The van der Waals surface area contributed by atoms with E-state index in [1.807, 2.05) is 35.2 Å². The van der Waals surface area contributed by atoms with Crippen LogP contribution in [-0.2, 0) is 18.3 Å². The molecule has 0 saturated carbocycles. The molecule has 1 atom stereocenters. The monoisotopic (exact) mass is 327 g/mol. The van der Waals surface area contributed by atoms with E-state index in [9.17, 15) is 9.59 Å². The van der Waals surface area contributed by atoms with Crippen molar-refractivity contribution in [3.05, 3.63) is 48.0 Å². The lowest BCUT2D eigenvalue weighted by Gasteiger charge is -2.17. The van der Waals surface area contributed by atoms with E-state index in [0.717, 1.165) is 18.4 Å². The molecule has 1 saturated heterocycles. The van der Waals surface area contributed by atoms with Gasteiger partial charge < -0.3 is 10.2 Å². The van der Waals surface area contributed by atoms with Gasteiger partial charge in [-0.15, -0.1) is 5.10 Å². The second-order valence-corrected chi connectivity index (χ2v) is 6.03. The molecule has 126 valence electrons. The number of aryl methyl sites for hydroxylation is 2. The van der Waals surface area contributed by atoms with Crippen LogP contribution in [0, 0.1) is 0 Å². The van der Waals surface area contributed by atoms with E-state index in [1.165, 1.54) is 11.0 Å². The Morgan fingerprint density at radius 3 is 2.79 bits per heavy atom. The molecular formula is C17H21N5O2. The van der Waals surface area contributed by atoms with E-state index in [0.29, 0.717) is 19.5 Å². The third kappa shape index (κ3) is 3.98. The molecule has 1 unspecified atom stereocenters. The molecule has 24 heavy (non-hydrogen) atoms. The average Bonchev–Trinajstić information content (AvgIpc) is 3.23. The maximum atomic E-state index is 12.3. The number of hydrogen-bond acceptors (Lipinski definition) is 4. The van der Waals surface area contributed by atoms with Gasteiger partial charge >= 0.3 is 0 Å². The van der Waals surface area contributed by atoms with Gasteiger partial charge in [-0.2, -0.15) is 0 Å². The van der Waals surface area contributed by atoms with Crippen molar-refractivity contribution in [3.8, 4) is 0 Å². The van der Waals surface area contributed by atoms with Gasteiger partial charge in [-0.25, -0.2) is 4.98 Å². The molecule has 0 aliphatic carbocycles. The molecule has 7 nitrogen and oxygen atoms in total. The molecule has 2 heterocycles. The molecule has 0 radical (unpaired) electrons. The van der Waals surface area contributed by atoms with Crippen molar-refractivity contribution >= 4 is 11.8 Å². The summed E-state index contributed by atoms with van der Waals surface area (Å²) in [4.78, 5) is 30.1. The predicted octanol–water partition coefficient (Wildman–Crippen LogP) is 0.779. The average molecular weight is 327 g/mol. The largest absolute Gasteiger partial charge is 0.345 e. The van der Waals surface area contributed by atoms with Crippen LogP contribution in [-0.4, -0.2) is 50.6 Å². The maximum Gasteiger partial charge on any atom is 0.291 e. The number of carbonyl (C=O) groups is 2. The van der Waals surface area contributed by atoms with Crippen LogP contribution in [0.15, 0.2) is 36.7 Å². The van der Waals surface area contributed by atoms with E-state index in [2.05, 4.69) is 15.4 Å². The first-order chi connectivity index (χ1) is 11.6. The fourth-order valence-electron chi connectivity index (χ4n) is 2.85. The lowest BCUT2D eigenvalue weighted by Crippen LogP contribution is -2.39. The lowest BCUT2D eigenvalue weighted by molar-refractivity contribution is -0.130. The van der Waals surface area contributed by atoms with E-state index >= 15 is 0 Å². The van der Waals surface area contributed by atoms with Crippen molar-refractivity contribution in [1.29, 1.82) is 0 Å². The minimum atomic E-state index is -0.292. The summed E-state index contributed by atoms with van der Waals surface area (Å²) in [6.45, 7) is 1.22. The van der Waals surface area contributed by atoms with Crippen LogP contribution in [0.4, 0.5) is 0 Å². The maximum absolute atomic E-state index is 12.3. The van der Waals surface area contributed by atoms with Crippen molar-refractivity contribution in [1.82, 2.24) is 25.0 Å². The van der Waals surface area contributed by atoms with Crippen molar-refractivity contribution < 1.29 is 9.59 Å². The number of nitrogens with zero attached hydrogens (tertiary/aromatic N) is 4. The molecule has 1 N–H and O–H groups in total. The summed E-state index contributed by atoms with van der Waals surface area (Å²) in [5.41, 5.74) is 1.16. The molecule has 1 aromatic heterocycles. The van der Waals surface area contributed by atoms with Gasteiger partial charge in [-0.1, -0.05) is 30.3 Å². The zero-order valence-electron chi connectivity index (χ0n) is 13.7. The molecule has 7 heteroatoms. The molecule has 1 fully saturated rings. The second kappa shape index (κ2) is 7.25. The molecule has 0 spiro atoms. The summed E-state index contributed by atoms with van der Waals surface area (Å²) < 4.78 is 1.49. The highest BCUT2D eigenvalue weighted by Crippen LogP contribution is 2.13. The summed E-state index contributed by atoms with van der Waals surface area (Å²) in [6, 6.07) is 9.94. The van der Waals surface area contributed by atoms with Crippen molar-refractivity contribution in [2.24, 2.45) is 7.05 Å². The Balaban J connectivity index is 1.46. The van der Waals surface area contributed by atoms with Crippen LogP contribution in [0.2, 0.25) is 0 Å². The van der Waals surface area contributed by atoms with Gasteiger partial charge in [-0.3, -0.25) is 14.3 Å². The Bertz CT molecular complexity index is 713. The zero-order valence-corrected chi connectivity index (χ0v) is 13.7. The van der Waals surface area contributed by atoms with E-state index < -0.39 is 0 Å². The number of amides is 2. The summed E-state index contributed by atoms with van der Waals surface area (Å²) in [5, 5.41) is 6.88. The minimum absolute atomic E-state index is 0.0398. The molecule has 1 aromatic carbocycles. The Labute approximate surface area is 140 Å². The predicted molar refractivity (Wildman–Crippen MR) is 88.2 cm³/mol. The highest BCUT2D eigenvalue weighted by molar-refractivity contribution is 5.90. The lowest BCUT2D eigenvalue weighted by atomic mass is 10.1. The fraction of sp³-hybridized carbons (Fsp3) is 0.412. The number of nitrogens with one attached hydrogen (secondary N) is 1. The topological polar surface area (TPSA) is 80.1 Å². The van der Waals surface area contributed by atoms with Crippen LogP contribution < -0.4 is 5.32 Å². The SMILES string of the molecule is Cn1cnc(C(=O)NC2CCN(C(=O)CCc3ccccc3)C2)n1. The number of carbonyl (C=O) groups excluding carboxylic acids is 2. The van der Waals surface area contributed by atoms with Gasteiger partial charge in [-0.05, 0) is 18.4 Å². The van der Waals surface area contributed by atoms with Gasteiger partial charge in [0, 0.05) is 32.6 Å². The number of hydrogen-bond donors (Lipinski definition) is 1. The number of benzene rings is 1. The molecule has 1 aliphatic heterocycles. The Kier molecular flexibility index (Phi) is 4.88. The Morgan fingerprint density at radius 2 is 2.08 bits per heavy atom. The van der Waals surface area contributed by atoms with Crippen molar-refractivity contribution in [2.75, 3.05) is 13.1 Å². The normalized spacial score (nSPS) is 17.0. The van der Waals surface area contributed by atoms with Crippen LogP contribution >= 0.6 is 0 Å². The summed E-state index contributed by atoms with van der Waals surface area (Å²) >= 11 is 0. The summed E-state index contributed by atoms with van der Waals surface area (Å²) in [5.74, 6) is -0.00268. The van der Waals surface area contributed by atoms with Gasteiger partial charge in [0.05, 0.1) is 0 Å². The first-order valence-electron chi connectivity index (χ1n) is 8.10. The molecule has 0 bridgehead atoms. The standard InChI is InChI=1S/C17H21N5O2/c1-21-12-18-16(20-21)17(24)19-14-9-10-22(11-14)15(23)8-7-13-5-3-2-4-6-13/h2-6,12,14H,7-11H2,1H3,(H,19,24). The van der Waals surface area contributed by atoms with E-state index in [1.54, 1.807) is 7.05 Å². The highest BCUT2D eigenvalue weighted by Gasteiger charge is 2.28. The van der Waals surface area contributed by atoms with Gasteiger partial charge in [0.1, 0.15) is 6.33 Å². The summed E-state index contributed by atoms with van der Waals surface area (Å²) in [7, 11) is 1.71. The van der Waals surface area contributed by atoms with Gasteiger partial charge in [0.15, 0.2) is 0 Å². The smallest absolute Gasteiger partial charge is 0.291 e. The molecule has 2 amide bonds. The number of aromatic nitrogens is 3. The van der Waals surface area contributed by atoms with Crippen LogP contribution in [0.3, 0.4) is 0 Å². The second-order valence-electron chi connectivity index (χ2n) is 6.03. The highest BCUT2D eigenvalue weighted by atomic mass is 16.2. The Morgan fingerprint density at radius 1 is 1.29 bits per heavy atom. The third-order valence-electron chi connectivity index (χ3n) is 4.15. The Hall–Kier alpha value is -2.70. The zero-order chi connectivity index (χ0) is 16.9. The first kappa shape index (κ1) is 16.2. The van der Waals surface area contributed by atoms with Gasteiger partial charge in [0.2, 0.25) is 11.7 Å². The van der Waals surface area contributed by atoms with E-state index in [-0.39, 0.29) is 23.7 Å². The third-order valence-corrected chi connectivity index (χ3v) is 4.15. The van der Waals surface area contributed by atoms with E-state index in [4.69, 9.17) is 0 Å². The molecular weight excluding hydrogens is 306 g/mol. The quantitative estimate of drug-likeness (QED) is 0.880. The van der Waals surface area contributed by atoms with Crippen LogP contribution in [0.1, 0.15) is 29.0 Å². The molecule has 3 rings (SSSR count). The van der Waals surface area contributed by atoms with Crippen molar-refractivity contribution in [2.45, 2.75) is 25.3 Å². The van der Waals surface area contributed by atoms with Crippen LogP contribution in [0.25, 0.3) is 0 Å². The summed E-state index contributed by atoms with van der Waals surface area (Å²) in [6.07, 6.45) is 3.48. The minimum Gasteiger partial charge on any atom is -0.345 e. The fourth-order valence-corrected chi connectivity index (χ4v) is 2.85. The molecule has 1 aliphatic rings. The number of rotatable bonds is 5.